The summed E-state index contributed by atoms with van der Waals surface area (Å²) in [4.78, 5) is 4.50. The van der Waals surface area contributed by atoms with E-state index in [1.807, 2.05) is 4.57 Å². The van der Waals surface area contributed by atoms with Crippen LogP contribution in [0.15, 0.2) is 30.9 Å². The molecule has 0 bridgehead atoms. The Kier molecular flexibility index (Phi) is 4.32. The maximum Gasteiger partial charge on any atom is 0.127 e. The number of hydrogen-bond donors (Lipinski definition) is 1. The van der Waals surface area contributed by atoms with Crippen LogP contribution < -0.4 is 5.73 Å². The molecule has 3 nitrogen and oxygen atoms in total. The summed E-state index contributed by atoms with van der Waals surface area (Å²) in [6, 6.07) is 4.53. The van der Waals surface area contributed by atoms with Crippen molar-refractivity contribution in [3.8, 4) is 0 Å². The van der Waals surface area contributed by atoms with E-state index < -0.39 is 0 Å². The van der Waals surface area contributed by atoms with Gasteiger partial charge in [-0.3, -0.25) is 0 Å². The lowest BCUT2D eigenvalue weighted by Gasteiger charge is -2.13. The van der Waals surface area contributed by atoms with E-state index >= 15 is 0 Å². The second kappa shape index (κ2) is 5.97. The Labute approximate surface area is 112 Å². The lowest BCUT2D eigenvalue weighted by Crippen LogP contribution is -2.16. The highest BCUT2D eigenvalue weighted by Crippen LogP contribution is 2.23. The molecular formula is C15H20FN3. The minimum absolute atomic E-state index is 0.115. The van der Waals surface area contributed by atoms with E-state index in [9.17, 15) is 4.39 Å². The van der Waals surface area contributed by atoms with Crippen LogP contribution in [-0.4, -0.2) is 9.55 Å². The standard InChI is InChI=1S/C15H20FN3/c1-3-5-6-12(17)15-18-13-10-11(16)7-8-14(13)19(15)9-4-2/h4,7-8,10,12H,2-3,5-6,9,17H2,1H3. The van der Waals surface area contributed by atoms with E-state index in [1.165, 1.54) is 12.1 Å². The van der Waals surface area contributed by atoms with E-state index in [4.69, 9.17) is 5.73 Å². The Morgan fingerprint density at radius 1 is 1.53 bits per heavy atom. The molecule has 1 unspecified atom stereocenters. The van der Waals surface area contributed by atoms with Crippen molar-refractivity contribution in [2.75, 3.05) is 0 Å². The molecule has 0 saturated heterocycles. The monoisotopic (exact) mass is 261 g/mol. The highest BCUT2D eigenvalue weighted by atomic mass is 19.1. The first kappa shape index (κ1) is 13.7. The molecular weight excluding hydrogens is 241 g/mol. The lowest BCUT2D eigenvalue weighted by atomic mass is 10.1. The number of nitrogens with two attached hydrogens (primary N) is 1. The Morgan fingerprint density at radius 2 is 2.32 bits per heavy atom. The molecule has 0 aliphatic carbocycles. The van der Waals surface area contributed by atoms with Gasteiger partial charge in [0.25, 0.3) is 0 Å². The number of fused-ring (bicyclic) bond motifs is 1. The second-order valence-corrected chi connectivity index (χ2v) is 4.75. The van der Waals surface area contributed by atoms with Gasteiger partial charge < -0.3 is 10.3 Å². The molecule has 0 aliphatic rings. The minimum Gasteiger partial charge on any atom is -0.323 e. The molecule has 0 radical (unpaired) electrons. The van der Waals surface area contributed by atoms with Crippen molar-refractivity contribution in [3.63, 3.8) is 0 Å². The van der Waals surface area contributed by atoms with Crippen LogP contribution in [0.25, 0.3) is 11.0 Å². The summed E-state index contributed by atoms with van der Waals surface area (Å²) in [5, 5.41) is 0. The molecule has 2 rings (SSSR count). The van der Waals surface area contributed by atoms with Gasteiger partial charge in [0.15, 0.2) is 0 Å². The highest BCUT2D eigenvalue weighted by Gasteiger charge is 2.16. The molecule has 1 aromatic heterocycles. The van der Waals surface area contributed by atoms with Crippen molar-refractivity contribution in [1.82, 2.24) is 9.55 Å². The Hall–Kier alpha value is -1.68. The molecule has 0 saturated carbocycles. The third-order valence-electron chi connectivity index (χ3n) is 3.25. The summed E-state index contributed by atoms with van der Waals surface area (Å²) < 4.78 is 15.3. The molecule has 0 spiro atoms. The number of nitrogens with zero attached hydrogens (tertiary/aromatic N) is 2. The Balaban J connectivity index is 2.46. The third kappa shape index (κ3) is 2.84. The van der Waals surface area contributed by atoms with Gasteiger partial charge in [-0.2, -0.15) is 0 Å². The van der Waals surface area contributed by atoms with E-state index in [-0.39, 0.29) is 11.9 Å². The average molecular weight is 261 g/mol. The predicted octanol–water partition coefficient (Wildman–Crippen LogP) is 3.55. The van der Waals surface area contributed by atoms with Gasteiger partial charge >= 0.3 is 0 Å². The number of unbranched alkanes of at least 4 members (excludes halogenated alkanes) is 1. The highest BCUT2D eigenvalue weighted by molar-refractivity contribution is 5.76. The zero-order valence-corrected chi connectivity index (χ0v) is 11.3. The SMILES string of the molecule is C=CCn1c(C(N)CCCC)nc2cc(F)ccc21. The van der Waals surface area contributed by atoms with Crippen LogP contribution in [0, 0.1) is 5.82 Å². The molecule has 0 fully saturated rings. The molecule has 4 heteroatoms. The molecule has 0 aliphatic heterocycles. The fraction of sp³-hybridized carbons (Fsp3) is 0.400. The number of hydrogen-bond acceptors (Lipinski definition) is 2. The lowest BCUT2D eigenvalue weighted by molar-refractivity contribution is 0.553. The number of imidazole rings is 1. The summed E-state index contributed by atoms with van der Waals surface area (Å²) in [6.45, 7) is 6.53. The normalized spacial score (nSPS) is 12.8. The van der Waals surface area contributed by atoms with Gasteiger partial charge in [0, 0.05) is 12.6 Å². The van der Waals surface area contributed by atoms with Crippen LogP contribution >= 0.6 is 0 Å². The first-order valence-corrected chi connectivity index (χ1v) is 6.69. The van der Waals surface area contributed by atoms with Crippen LogP contribution in [-0.2, 0) is 6.54 Å². The van der Waals surface area contributed by atoms with Crippen LogP contribution in [0.2, 0.25) is 0 Å². The zero-order chi connectivity index (χ0) is 13.8. The van der Waals surface area contributed by atoms with Gasteiger partial charge in [0.1, 0.15) is 11.6 Å². The summed E-state index contributed by atoms with van der Waals surface area (Å²) in [7, 11) is 0. The molecule has 0 amide bonds. The molecule has 102 valence electrons. The van der Waals surface area contributed by atoms with E-state index in [1.54, 1.807) is 12.1 Å². The smallest absolute Gasteiger partial charge is 0.127 e. The Morgan fingerprint density at radius 3 is 3.00 bits per heavy atom. The van der Waals surface area contributed by atoms with Crippen LogP contribution in [0.3, 0.4) is 0 Å². The fourth-order valence-corrected chi connectivity index (χ4v) is 2.28. The number of benzene rings is 1. The van der Waals surface area contributed by atoms with Crippen LogP contribution in [0.4, 0.5) is 4.39 Å². The van der Waals surface area contributed by atoms with Crippen molar-refractivity contribution in [1.29, 1.82) is 0 Å². The minimum atomic E-state index is -0.274. The van der Waals surface area contributed by atoms with Gasteiger partial charge in [-0.05, 0) is 18.6 Å². The van der Waals surface area contributed by atoms with Crippen LogP contribution in [0.1, 0.15) is 38.1 Å². The molecule has 19 heavy (non-hydrogen) atoms. The quantitative estimate of drug-likeness (QED) is 0.808. The number of aromatic nitrogens is 2. The fourth-order valence-electron chi connectivity index (χ4n) is 2.28. The predicted molar refractivity (Wildman–Crippen MR) is 76.3 cm³/mol. The Bertz CT molecular complexity index is 574. The largest absolute Gasteiger partial charge is 0.323 e. The molecule has 2 aromatic rings. The maximum absolute atomic E-state index is 13.3. The third-order valence-corrected chi connectivity index (χ3v) is 3.25. The summed E-state index contributed by atoms with van der Waals surface area (Å²) >= 11 is 0. The molecule has 1 heterocycles. The van der Waals surface area contributed by atoms with E-state index in [2.05, 4.69) is 18.5 Å². The number of rotatable bonds is 6. The number of halogens is 1. The van der Waals surface area contributed by atoms with E-state index in [0.717, 1.165) is 30.6 Å². The topological polar surface area (TPSA) is 43.8 Å². The maximum atomic E-state index is 13.3. The zero-order valence-electron chi connectivity index (χ0n) is 11.3. The number of allylic oxidation sites excluding steroid dienone is 1. The van der Waals surface area contributed by atoms with Gasteiger partial charge in [-0.25, -0.2) is 9.37 Å². The van der Waals surface area contributed by atoms with Crippen molar-refractivity contribution in [2.45, 2.75) is 38.8 Å². The molecule has 2 N–H and O–H groups in total. The van der Waals surface area contributed by atoms with E-state index in [0.29, 0.717) is 12.1 Å². The first-order chi connectivity index (χ1) is 9.17. The van der Waals surface area contributed by atoms with Crippen molar-refractivity contribution >= 4 is 11.0 Å². The van der Waals surface area contributed by atoms with Gasteiger partial charge in [-0.1, -0.05) is 25.8 Å². The summed E-state index contributed by atoms with van der Waals surface area (Å²) in [6.07, 6.45) is 4.86. The van der Waals surface area contributed by atoms with Crippen LogP contribution in [0.5, 0.6) is 0 Å². The average Bonchev–Trinajstić information content (AvgIpc) is 2.74. The summed E-state index contributed by atoms with van der Waals surface area (Å²) in [5.74, 6) is 0.540. The van der Waals surface area contributed by atoms with Crippen molar-refractivity contribution in [3.05, 3.63) is 42.5 Å². The second-order valence-electron chi connectivity index (χ2n) is 4.75. The van der Waals surface area contributed by atoms with Gasteiger partial charge in [0.2, 0.25) is 0 Å². The first-order valence-electron chi connectivity index (χ1n) is 6.69. The van der Waals surface area contributed by atoms with Crippen molar-refractivity contribution in [2.24, 2.45) is 5.73 Å². The molecule has 1 aromatic carbocycles. The van der Waals surface area contributed by atoms with Crippen molar-refractivity contribution < 1.29 is 4.39 Å². The van der Waals surface area contributed by atoms with Gasteiger partial charge in [-0.15, -0.1) is 6.58 Å². The molecule has 1 atom stereocenters. The summed E-state index contributed by atoms with van der Waals surface area (Å²) in [5.41, 5.74) is 7.76. The van der Waals surface area contributed by atoms with Gasteiger partial charge in [0.05, 0.1) is 17.1 Å².